The van der Waals surface area contributed by atoms with Gasteiger partial charge in [-0.3, -0.25) is 9.59 Å². The number of benzene rings is 1. The zero-order valence-corrected chi connectivity index (χ0v) is 19.4. The molecule has 33 heavy (non-hydrogen) atoms. The number of hydrogen-bond acceptors (Lipinski definition) is 5. The second-order valence-corrected chi connectivity index (χ2v) is 9.67. The summed E-state index contributed by atoms with van der Waals surface area (Å²) in [5, 5.41) is 6.89. The Labute approximate surface area is 195 Å². The van der Waals surface area contributed by atoms with Gasteiger partial charge >= 0.3 is 0 Å². The summed E-state index contributed by atoms with van der Waals surface area (Å²) in [5.74, 6) is 2.07. The smallest absolute Gasteiger partial charge is 0.290 e. The Kier molecular flexibility index (Phi) is 7.45. The molecule has 3 fully saturated rings. The van der Waals surface area contributed by atoms with Crippen LogP contribution in [0.25, 0.3) is 5.69 Å². The third kappa shape index (κ3) is 5.62. The van der Waals surface area contributed by atoms with E-state index in [1.165, 1.54) is 12.8 Å². The van der Waals surface area contributed by atoms with E-state index in [0.717, 1.165) is 49.7 Å². The first-order valence-corrected chi connectivity index (χ1v) is 11.7. The minimum absolute atomic E-state index is 0.151. The van der Waals surface area contributed by atoms with E-state index in [-0.39, 0.29) is 12.4 Å². The van der Waals surface area contributed by atoms with Crippen LogP contribution in [0.3, 0.4) is 0 Å². The molecule has 0 spiro atoms. The van der Waals surface area contributed by atoms with Crippen molar-refractivity contribution in [3.63, 3.8) is 0 Å². The van der Waals surface area contributed by atoms with Gasteiger partial charge in [-0.05, 0) is 81.8 Å². The van der Waals surface area contributed by atoms with Crippen molar-refractivity contribution in [3.8, 4) is 5.69 Å². The maximum absolute atomic E-state index is 13.2. The molecule has 4 atom stereocenters. The molecule has 1 aliphatic heterocycles. The molecule has 2 saturated carbocycles. The summed E-state index contributed by atoms with van der Waals surface area (Å²) in [5.41, 5.74) is 1.78. The zero-order valence-electron chi connectivity index (χ0n) is 19.4. The number of fused-ring (bicyclic) bond motifs is 1. The van der Waals surface area contributed by atoms with Crippen LogP contribution in [0.4, 0.5) is 0 Å². The SMILES string of the molecule is CN(C)[C@@H]1C[C@@H]2CN(C(=O)c3ccc(-n4ccnc4)cc3)C[C@@H]2C[C@H]1OCC1CC1.O=CO. The predicted molar refractivity (Wildman–Crippen MR) is 124 cm³/mol. The molecular formula is C25H34N4O4. The van der Waals surface area contributed by atoms with Gasteiger partial charge in [0.1, 0.15) is 0 Å². The number of hydrogen-bond donors (Lipinski definition) is 1. The molecule has 8 heteroatoms. The molecule has 5 rings (SSSR count). The summed E-state index contributed by atoms with van der Waals surface area (Å²) in [6.45, 7) is 2.39. The molecule has 2 heterocycles. The van der Waals surface area contributed by atoms with E-state index in [1.54, 1.807) is 12.5 Å². The fourth-order valence-corrected chi connectivity index (χ4v) is 5.19. The Morgan fingerprint density at radius 3 is 2.42 bits per heavy atom. The average Bonchev–Trinajstić information content (AvgIpc) is 3.30. The van der Waals surface area contributed by atoms with E-state index >= 15 is 0 Å². The highest BCUT2D eigenvalue weighted by molar-refractivity contribution is 5.94. The van der Waals surface area contributed by atoms with Crippen LogP contribution >= 0.6 is 0 Å². The molecule has 1 saturated heterocycles. The van der Waals surface area contributed by atoms with Gasteiger partial charge in [-0.25, -0.2) is 4.98 Å². The Bertz CT molecular complexity index is 911. The van der Waals surface area contributed by atoms with Crippen molar-refractivity contribution in [2.45, 2.75) is 37.8 Å². The van der Waals surface area contributed by atoms with Crippen LogP contribution in [0.15, 0.2) is 43.0 Å². The first-order valence-electron chi connectivity index (χ1n) is 11.7. The molecule has 8 nitrogen and oxygen atoms in total. The molecule has 1 amide bonds. The molecular weight excluding hydrogens is 420 g/mol. The first kappa shape index (κ1) is 23.4. The number of likely N-dealkylation sites (tertiary alicyclic amines) is 1. The van der Waals surface area contributed by atoms with Crippen LogP contribution in [0.2, 0.25) is 0 Å². The van der Waals surface area contributed by atoms with Gasteiger partial charge in [0.15, 0.2) is 0 Å². The quantitative estimate of drug-likeness (QED) is 0.676. The molecule has 0 radical (unpaired) electrons. The lowest BCUT2D eigenvalue weighted by Gasteiger charge is -2.41. The standard InChI is InChI=1S/C24H32N4O2.CH2O2/c1-26(2)22-11-19-13-28(14-20(19)12-23(22)30-15-17-3-4-17)24(29)18-5-7-21(8-6-18)27-10-9-25-16-27;2-1-3/h5-10,16-17,19-20,22-23H,3-4,11-15H2,1-2H3;1H,(H,2,3)/t19-,20+,22-,23-;/m1./s1. The van der Waals surface area contributed by atoms with E-state index in [0.29, 0.717) is 24.0 Å². The Balaban J connectivity index is 0.000000821. The molecule has 1 aromatic heterocycles. The van der Waals surface area contributed by atoms with E-state index in [2.05, 4.69) is 28.9 Å². The Morgan fingerprint density at radius 1 is 1.18 bits per heavy atom. The van der Waals surface area contributed by atoms with Gasteiger partial charge in [-0.15, -0.1) is 0 Å². The summed E-state index contributed by atoms with van der Waals surface area (Å²) < 4.78 is 8.31. The van der Waals surface area contributed by atoms with Crippen LogP contribution in [0.1, 0.15) is 36.0 Å². The van der Waals surface area contributed by atoms with Crippen LogP contribution < -0.4 is 0 Å². The van der Waals surface area contributed by atoms with Crippen LogP contribution in [0, 0.1) is 17.8 Å². The fraction of sp³-hybridized carbons (Fsp3) is 0.560. The lowest BCUT2D eigenvalue weighted by molar-refractivity contribution is -0.122. The number of amides is 1. The highest BCUT2D eigenvalue weighted by Crippen LogP contribution is 2.40. The van der Waals surface area contributed by atoms with Crippen molar-refractivity contribution in [2.75, 3.05) is 33.8 Å². The molecule has 0 unspecified atom stereocenters. The van der Waals surface area contributed by atoms with Gasteiger partial charge in [-0.2, -0.15) is 0 Å². The second kappa shape index (κ2) is 10.5. The molecule has 1 aromatic carbocycles. The summed E-state index contributed by atoms with van der Waals surface area (Å²) in [7, 11) is 4.33. The van der Waals surface area contributed by atoms with E-state index in [9.17, 15) is 4.79 Å². The van der Waals surface area contributed by atoms with Crippen LogP contribution in [0.5, 0.6) is 0 Å². The normalized spacial score (nSPS) is 26.5. The largest absolute Gasteiger partial charge is 0.483 e. The minimum Gasteiger partial charge on any atom is -0.483 e. The molecule has 2 aliphatic carbocycles. The Morgan fingerprint density at radius 2 is 1.85 bits per heavy atom. The highest BCUT2D eigenvalue weighted by atomic mass is 16.5. The van der Waals surface area contributed by atoms with Crippen LogP contribution in [-0.4, -0.2) is 82.8 Å². The number of nitrogens with zero attached hydrogens (tertiary/aromatic N) is 4. The second-order valence-electron chi connectivity index (χ2n) is 9.67. The summed E-state index contributed by atoms with van der Waals surface area (Å²) in [4.78, 5) is 30.0. The number of aromatic nitrogens is 2. The first-order chi connectivity index (χ1) is 16.0. The van der Waals surface area contributed by atoms with Gasteiger partial charge < -0.3 is 24.2 Å². The lowest BCUT2D eigenvalue weighted by Crippen LogP contribution is -2.48. The molecule has 0 bridgehead atoms. The number of ether oxygens (including phenoxy) is 1. The summed E-state index contributed by atoms with van der Waals surface area (Å²) in [6.07, 6.45) is 10.6. The van der Waals surface area contributed by atoms with Gasteiger partial charge in [0.2, 0.25) is 0 Å². The average molecular weight is 455 g/mol. The van der Waals surface area contributed by atoms with Gasteiger partial charge in [-0.1, -0.05) is 0 Å². The monoisotopic (exact) mass is 454 g/mol. The van der Waals surface area contributed by atoms with Crippen molar-refractivity contribution >= 4 is 12.4 Å². The summed E-state index contributed by atoms with van der Waals surface area (Å²) >= 11 is 0. The lowest BCUT2D eigenvalue weighted by atomic mass is 9.77. The molecule has 178 valence electrons. The highest BCUT2D eigenvalue weighted by Gasteiger charge is 2.45. The van der Waals surface area contributed by atoms with Crippen molar-refractivity contribution in [1.82, 2.24) is 19.4 Å². The number of likely N-dealkylation sites (N-methyl/N-ethyl adjacent to an activating group) is 1. The zero-order chi connectivity index (χ0) is 23.4. The van der Waals surface area contributed by atoms with E-state index in [1.807, 2.05) is 35.0 Å². The van der Waals surface area contributed by atoms with E-state index in [4.69, 9.17) is 14.6 Å². The number of carboxylic acid groups (broad SMARTS) is 1. The van der Waals surface area contributed by atoms with Gasteiger partial charge in [0, 0.05) is 49.4 Å². The number of imidazole rings is 1. The predicted octanol–water partition coefficient (Wildman–Crippen LogP) is 2.78. The fourth-order valence-electron chi connectivity index (χ4n) is 5.19. The molecule has 1 N–H and O–H groups in total. The van der Waals surface area contributed by atoms with Crippen molar-refractivity contribution < 1.29 is 19.4 Å². The minimum atomic E-state index is -0.250. The van der Waals surface area contributed by atoms with Crippen molar-refractivity contribution in [2.24, 2.45) is 17.8 Å². The number of rotatable bonds is 6. The summed E-state index contributed by atoms with van der Waals surface area (Å²) in [6, 6.07) is 8.30. The van der Waals surface area contributed by atoms with Gasteiger partial charge in [0.25, 0.3) is 12.4 Å². The molecule has 2 aromatic rings. The maximum Gasteiger partial charge on any atom is 0.290 e. The topological polar surface area (TPSA) is 87.9 Å². The van der Waals surface area contributed by atoms with Crippen LogP contribution in [-0.2, 0) is 9.53 Å². The maximum atomic E-state index is 13.2. The Hall–Kier alpha value is -2.71. The van der Waals surface area contributed by atoms with Crippen molar-refractivity contribution in [1.29, 1.82) is 0 Å². The number of carbonyl (C=O) groups is 2. The van der Waals surface area contributed by atoms with Crippen molar-refractivity contribution in [3.05, 3.63) is 48.5 Å². The van der Waals surface area contributed by atoms with E-state index < -0.39 is 0 Å². The third-order valence-electron chi connectivity index (χ3n) is 7.20. The number of carbonyl (C=O) groups excluding carboxylic acids is 1. The molecule has 3 aliphatic rings. The third-order valence-corrected chi connectivity index (χ3v) is 7.20. The van der Waals surface area contributed by atoms with Gasteiger partial charge in [0.05, 0.1) is 12.4 Å².